The topological polar surface area (TPSA) is 114 Å². The van der Waals surface area contributed by atoms with E-state index >= 15 is 0 Å². The summed E-state index contributed by atoms with van der Waals surface area (Å²) in [5.41, 5.74) is 0.576. The summed E-state index contributed by atoms with van der Waals surface area (Å²) in [6.45, 7) is 3.20. The zero-order valence-corrected chi connectivity index (χ0v) is 17.1. The normalized spacial score (nSPS) is 17.0. The van der Waals surface area contributed by atoms with Crippen molar-refractivity contribution in [3.63, 3.8) is 0 Å². The molecule has 0 spiro atoms. The van der Waals surface area contributed by atoms with Crippen LogP contribution in [0.25, 0.3) is 0 Å². The number of halogens is 3. The number of esters is 1. The van der Waals surface area contributed by atoms with E-state index < -0.39 is 50.6 Å². The lowest BCUT2D eigenvalue weighted by molar-refractivity contribution is -0.190. The number of alkyl halides is 3. The number of carbonyl (C=O) groups excluding carboxylic acids is 2. The molecular formula is C19H25BF3NO7. The number of hydrogen-bond acceptors (Lipinski definition) is 7. The van der Waals surface area contributed by atoms with Gasteiger partial charge in [-0.2, -0.15) is 13.2 Å². The molecule has 1 unspecified atom stereocenters. The van der Waals surface area contributed by atoms with Crippen molar-refractivity contribution in [2.75, 3.05) is 6.79 Å². The Kier molecular flexibility index (Phi) is 8.72. The number of hydrogen-bond donors (Lipinski definition) is 3. The molecule has 0 aliphatic carbocycles. The fraction of sp³-hybridized carbons (Fsp3) is 0.579. The highest BCUT2D eigenvalue weighted by atomic mass is 19.4. The van der Waals surface area contributed by atoms with Gasteiger partial charge in [-0.05, 0) is 24.8 Å². The summed E-state index contributed by atoms with van der Waals surface area (Å²) in [5.74, 6) is -3.03. The average molecular weight is 447 g/mol. The monoisotopic (exact) mass is 447 g/mol. The number of para-hydroxylation sites is 1. The molecule has 12 heteroatoms. The second-order valence-electron chi connectivity index (χ2n) is 7.13. The van der Waals surface area contributed by atoms with Crippen LogP contribution in [-0.4, -0.2) is 48.0 Å². The highest BCUT2D eigenvalue weighted by Crippen LogP contribution is 2.34. The third-order valence-electron chi connectivity index (χ3n) is 4.87. The van der Waals surface area contributed by atoms with Crippen molar-refractivity contribution in [3.05, 3.63) is 29.3 Å². The van der Waals surface area contributed by atoms with Gasteiger partial charge in [-0.15, -0.1) is 0 Å². The van der Waals surface area contributed by atoms with Gasteiger partial charge < -0.3 is 29.6 Å². The lowest BCUT2D eigenvalue weighted by Crippen LogP contribution is -2.53. The Hall–Kier alpha value is -2.31. The number of aliphatic hydroxyl groups excluding tert-OH is 1. The Balaban J connectivity index is 2.00. The zero-order valence-electron chi connectivity index (χ0n) is 17.1. The van der Waals surface area contributed by atoms with Crippen LogP contribution in [-0.2, 0) is 25.5 Å². The van der Waals surface area contributed by atoms with Crippen LogP contribution < -0.4 is 9.97 Å². The Morgan fingerprint density at radius 2 is 2.00 bits per heavy atom. The van der Waals surface area contributed by atoms with Gasteiger partial charge in [0.05, 0.1) is 11.9 Å². The molecule has 1 amide bonds. The fourth-order valence-corrected chi connectivity index (χ4v) is 3.19. The number of carbonyl (C=O) groups is 2. The van der Waals surface area contributed by atoms with E-state index in [0.717, 1.165) is 0 Å². The van der Waals surface area contributed by atoms with E-state index in [1.165, 1.54) is 6.07 Å². The third-order valence-corrected chi connectivity index (χ3v) is 4.87. The molecule has 31 heavy (non-hydrogen) atoms. The Morgan fingerprint density at radius 1 is 1.32 bits per heavy atom. The molecule has 1 aliphatic heterocycles. The lowest BCUT2D eigenvalue weighted by atomic mass is 9.72. The summed E-state index contributed by atoms with van der Waals surface area (Å²) < 4.78 is 52.5. The van der Waals surface area contributed by atoms with Gasteiger partial charge in [0.15, 0.2) is 13.1 Å². The maximum atomic E-state index is 12.3. The van der Waals surface area contributed by atoms with Gasteiger partial charge in [-0.3, -0.25) is 9.59 Å². The molecule has 172 valence electrons. The molecule has 2 rings (SSSR count). The summed E-state index contributed by atoms with van der Waals surface area (Å²) in [6.07, 6.45) is -6.70. The average Bonchev–Trinajstić information content (AvgIpc) is 2.67. The third kappa shape index (κ3) is 7.11. The van der Waals surface area contributed by atoms with Crippen molar-refractivity contribution in [1.29, 1.82) is 0 Å². The molecule has 1 heterocycles. The molecule has 3 N–H and O–H groups in total. The van der Waals surface area contributed by atoms with Crippen LogP contribution in [0.2, 0.25) is 0 Å². The summed E-state index contributed by atoms with van der Waals surface area (Å²) in [6, 6.07) is 4.58. The highest BCUT2D eigenvalue weighted by molar-refractivity contribution is 6.46. The zero-order chi connectivity index (χ0) is 23.2. The van der Waals surface area contributed by atoms with Crippen molar-refractivity contribution in [2.24, 2.45) is 5.92 Å². The first-order chi connectivity index (χ1) is 14.6. The van der Waals surface area contributed by atoms with E-state index in [1.807, 2.05) is 13.8 Å². The van der Waals surface area contributed by atoms with E-state index in [1.54, 1.807) is 12.1 Å². The molecule has 0 fully saturated rings. The van der Waals surface area contributed by atoms with Crippen molar-refractivity contribution >= 4 is 19.0 Å². The number of aliphatic hydroxyl groups is 1. The molecule has 0 saturated carbocycles. The van der Waals surface area contributed by atoms with Crippen LogP contribution in [0.15, 0.2) is 18.2 Å². The minimum absolute atomic E-state index is 0.0235. The van der Waals surface area contributed by atoms with Crippen molar-refractivity contribution in [1.82, 2.24) is 5.32 Å². The van der Waals surface area contributed by atoms with E-state index in [9.17, 15) is 32.9 Å². The van der Waals surface area contributed by atoms with Gasteiger partial charge in [0.1, 0.15) is 12.2 Å². The molecule has 1 aromatic carbocycles. The number of rotatable bonds is 9. The van der Waals surface area contributed by atoms with Gasteiger partial charge in [0, 0.05) is 5.56 Å². The molecule has 0 bridgehead atoms. The predicted octanol–water partition coefficient (Wildman–Crippen LogP) is 2.02. The second-order valence-corrected chi connectivity index (χ2v) is 7.13. The summed E-state index contributed by atoms with van der Waals surface area (Å²) >= 11 is 0. The fourth-order valence-electron chi connectivity index (χ4n) is 3.19. The Bertz CT molecular complexity index is 773. The van der Waals surface area contributed by atoms with Crippen LogP contribution in [0.3, 0.4) is 0 Å². The summed E-state index contributed by atoms with van der Waals surface area (Å²) in [5, 5.41) is 22.5. The van der Waals surface area contributed by atoms with Crippen LogP contribution >= 0.6 is 0 Å². The quantitative estimate of drug-likeness (QED) is 0.302. The molecule has 0 radical (unpaired) electrons. The molecule has 2 atom stereocenters. The number of ether oxygens (including phenoxy) is 2. The van der Waals surface area contributed by atoms with Crippen LogP contribution in [0.1, 0.15) is 50.5 Å². The highest BCUT2D eigenvalue weighted by Gasteiger charge is 2.39. The smallest absolute Gasteiger partial charge is 0.534 e. The maximum Gasteiger partial charge on any atom is 0.547 e. The number of nitrogens with one attached hydrogen (secondary N) is 1. The van der Waals surface area contributed by atoms with Crippen LogP contribution in [0.5, 0.6) is 5.75 Å². The van der Waals surface area contributed by atoms with E-state index in [0.29, 0.717) is 18.4 Å². The Morgan fingerprint density at radius 3 is 2.61 bits per heavy atom. The Labute approximate surface area is 177 Å². The maximum absolute atomic E-state index is 12.3. The van der Waals surface area contributed by atoms with Crippen molar-refractivity contribution < 1.29 is 47.0 Å². The van der Waals surface area contributed by atoms with E-state index in [-0.39, 0.29) is 23.7 Å². The van der Waals surface area contributed by atoms with E-state index in [2.05, 4.69) is 5.32 Å². The van der Waals surface area contributed by atoms with Crippen molar-refractivity contribution in [2.45, 2.75) is 57.9 Å². The largest absolute Gasteiger partial charge is 0.547 e. The molecular weight excluding hydrogens is 422 g/mol. The minimum Gasteiger partial charge on any atom is -0.534 e. The number of benzene rings is 1. The van der Waals surface area contributed by atoms with Gasteiger partial charge in [0.2, 0.25) is 5.91 Å². The van der Waals surface area contributed by atoms with Gasteiger partial charge >= 0.3 is 19.3 Å². The summed E-state index contributed by atoms with van der Waals surface area (Å²) in [7, 11) is -1.63. The molecule has 0 aromatic heterocycles. The van der Waals surface area contributed by atoms with Gasteiger partial charge in [0.25, 0.3) is 0 Å². The molecule has 8 nitrogen and oxygen atoms in total. The molecule has 1 aliphatic rings. The lowest BCUT2D eigenvalue weighted by Gasteiger charge is -2.30. The number of fused-ring (bicyclic) bond motifs is 1. The predicted molar refractivity (Wildman–Crippen MR) is 102 cm³/mol. The van der Waals surface area contributed by atoms with Gasteiger partial charge in [-0.25, -0.2) is 0 Å². The first-order valence-corrected chi connectivity index (χ1v) is 9.84. The number of amides is 1. The second kappa shape index (κ2) is 10.8. The van der Waals surface area contributed by atoms with E-state index in [4.69, 9.17) is 14.1 Å². The van der Waals surface area contributed by atoms with Gasteiger partial charge in [-0.1, -0.05) is 32.0 Å². The van der Waals surface area contributed by atoms with Crippen LogP contribution in [0, 0.1) is 5.92 Å². The van der Waals surface area contributed by atoms with Crippen molar-refractivity contribution in [3.8, 4) is 5.75 Å². The minimum atomic E-state index is -4.67. The first-order valence-electron chi connectivity index (χ1n) is 9.84. The summed E-state index contributed by atoms with van der Waals surface area (Å²) in [4.78, 5) is 23.4. The first kappa shape index (κ1) is 25.0. The SMILES string of the molecule is CCC(CC)C(=O)OCOC(O)c1cccc2c1OB(O)[C@@H](NC(=O)CC(F)(F)F)C2. The molecule has 0 saturated heterocycles. The standard InChI is InChI=1S/C19H25BF3NO7/c1-3-11(4-2)17(26)29-10-30-18(27)13-7-5-6-12-8-14(20(28)31-16(12)13)24-15(25)9-19(21,22)23/h5-7,11,14,18,27-28H,3-4,8-10H2,1-2H3,(H,24,25)/t14-,18?/m0/s1. The molecule has 1 aromatic rings. The van der Waals surface area contributed by atoms with Crippen LogP contribution in [0.4, 0.5) is 13.2 Å².